The van der Waals surface area contributed by atoms with Crippen LogP contribution in [0.4, 0.5) is 33.5 Å². The van der Waals surface area contributed by atoms with Gasteiger partial charge in [-0.15, -0.1) is 5.10 Å². The number of nitrogens with one attached hydrogen (secondary N) is 2. The number of aryl methyl sites for hydroxylation is 1. The average Bonchev–Trinajstić information content (AvgIpc) is 3.18. The number of aromatic nitrogens is 5. The van der Waals surface area contributed by atoms with Gasteiger partial charge in [-0.1, -0.05) is 0 Å². The monoisotopic (exact) mass is 444 g/mol. The first-order chi connectivity index (χ1) is 14.4. The second kappa shape index (κ2) is 7.14. The maximum atomic E-state index is 13.8. The van der Waals surface area contributed by atoms with E-state index in [-0.39, 0.29) is 29.3 Å². The third-order valence-electron chi connectivity index (χ3n) is 4.84. The number of amides is 1. The lowest BCUT2D eigenvalue weighted by atomic mass is 9.93. The fourth-order valence-corrected chi connectivity index (χ4v) is 3.52. The van der Waals surface area contributed by atoms with Crippen LogP contribution in [-0.4, -0.2) is 49.3 Å². The van der Waals surface area contributed by atoms with Gasteiger partial charge in [0.1, 0.15) is 5.56 Å². The number of nitrogens with zero attached hydrogens (tertiary/aromatic N) is 5. The molecule has 1 atom stereocenters. The van der Waals surface area contributed by atoms with Gasteiger partial charge in [-0.3, -0.25) is 9.48 Å². The third-order valence-corrected chi connectivity index (χ3v) is 4.84. The lowest BCUT2D eigenvalue weighted by Crippen LogP contribution is -2.43. The molecule has 4 N–H and O–H groups in total. The van der Waals surface area contributed by atoms with E-state index in [2.05, 4.69) is 25.8 Å². The Bertz CT molecular complexity index is 1150. The first kappa shape index (κ1) is 21.0. The lowest BCUT2D eigenvalue weighted by molar-refractivity contribution is -0.140. The molecule has 1 saturated heterocycles. The minimum atomic E-state index is -4.79. The first-order valence-corrected chi connectivity index (χ1v) is 9.10. The molecule has 1 amide bonds. The molecule has 0 saturated carbocycles. The van der Waals surface area contributed by atoms with Gasteiger partial charge in [0.05, 0.1) is 12.2 Å². The number of piperidine rings is 1. The molecule has 0 aromatic carbocycles. The van der Waals surface area contributed by atoms with Gasteiger partial charge >= 0.3 is 6.18 Å². The Morgan fingerprint density at radius 2 is 2.10 bits per heavy atom. The fraction of sp³-hybridized carbons (Fsp3) is 0.412. The molecule has 14 heteroatoms. The van der Waals surface area contributed by atoms with Crippen molar-refractivity contribution in [3.63, 3.8) is 0 Å². The van der Waals surface area contributed by atoms with E-state index in [1.54, 1.807) is 0 Å². The Labute approximate surface area is 171 Å². The lowest BCUT2D eigenvalue weighted by Gasteiger charge is -2.29. The minimum Gasteiger partial charge on any atom is -0.381 e. The van der Waals surface area contributed by atoms with E-state index in [4.69, 9.17) is 5.73 Å². The maximum Gasteiger partial charge on any atom is 0.437 e. The topological polar surface area (TPSA) is 115 Å². The van der Waals surface area contributed by atoms with E-state index in [1.807, 2.05) is 0 Å². The summed E-state index contributed by atoms with van der Waals surface area (Å²) in [6, 6.07) is 1.48. The van der Waals surface area contributed by atoms with Crippen LogP contribution in [0.2, 0.25) is 0 Å². The Morgan fingerprint density at radius 1 is 1.35 bits per heavy atom. The molecule has 9 nitrogen and oxygen atoms in total. The summed E-state index contributed by atoms with van der Waals surface area (Å²) in [5.41, 5.74) is 3.92. The number of alkyl halides is 5. The summed E-state index contributed by atoms with van der Waals surface area (Å²) in [7, 11) is 1.27. The van der Waals surface area contributed by atoms with E-state index in [9.17, 15) is 26.7 Å². The molecule has 0 radical (unpaired) electrons. The number of carbonyl (C=O) groups excluding carboxylic acids is 1. The zero-order valence-electron chi connectivity index (χ0n) is 16.0. The Morgan fingerprint density at radius 3 is 2.77 bits per heavy atom. The van der Waals surface area contributed by atoms with Gasteiger partial charge in [0, 0.05) is 44.0 Å². The second-order valence-corrected chi connectivity index (χ2v) is 7.29. The van der Waals surface area contributed by atoms with Crippen LogP contribution < -0.4 is 16.4 Å². The summed E-state index contributed by atoms with van der Waals surface area (Å²) in [5.74, 6) is -4.80. The molecule has 0 bridgehead atoms. The normalized spacial score (nSPS) is 19.0. The van der Waals surface area contributed by atoms with Crippen molar-refractivity contribution in [2.24, 2.45) is 7.05 Å². The van der Waals surface area contributed by atoms with E-state index < -0.39 is 48.3 Å². The highest BCUT2D eigenvalue weighted by Gasteiger charge is 2.39. The number of hydrogen-bond donors (Lipinski definition) is 3. The largest absolute Gasteiger partial charge is 0.437 e. The van der Waals surface area contributed by atoms with Crippen molar-refractivity contribution in [3.05, 3.63) is 35.4 Å². The van der Waals surface area contributed by atoms with E-state index in [1.165, 1.54) is 19.3 Å². The smallest absolute Gasteiger partial charge is 0.381 e. The van der Waals surface area contributed by atoms with Crippen LogP contribution in [-0.2, 0) is 13.2 Å². The molecule has 1 aliphatic heterocycles. The quantitative estimate of drug-likeness (QED) is 0.533. The van der Waals surface area contributed by atoms with Gasteiger partial charge in [0.15, 0.2) is 17.2 Å². The van der Waals surface area contributed by atoms with Crippen molar-refractivity contribution in [1.82, 2.24) is 29.7 Å². The molecule has 4 heterocycles. The summed E-state index contributed by atoms with van der Waals surface area (Å²) in [6.07, 6.45) is -2.82. The summed E-state index contributed by atoms with van der Waals surface area (Å²) in [4.78, 5) is 17.0. The number of hydrogen-bond acceptors (Lipinski definition) is 6. The molecule has 4 rings (SSSR count). The van der Waals surface area contributed by atoms with Crippen LogP contribution in [0.3, 0.4) is 0 Å². The number of nitrogens with two attached hydrogens (primary N) is 1. The molecule has 1 fully saturated rings. The minimum absolute atomic E-state index is 0.0566. The molecule has 0 aliphatic carbocycles. The Hall–Kier alpha value is -3.29. The maximum absolute atomic E-state index is 13.8. The SMILES string of the molecule is Cn1cc(NC(=O)c2c(N)nn3ccc(C4CNCC(F)(F)C4)nc23)c(C(F)(F)F)n1. The zero-order chi connectivity index (χ0) is 22.6. The van der Waals surface area contributed by atoms with Crippen molar-refractivity contribution >= 4 is 23.1 Å². The van der Waals surface area contributed by atoms with Crippen molar-refractivity contribution in [3.8, 4) is 0 Å². The van der Waals surface area contributed by atoms with Gasteiger partial charge in [0.25, 0.3) is 11.8 Å². The zero-order valence-corrected chi connectivity index (χ0v) is 16.0. The van der Waals surface area contributed by atoms with Gasteiger partial charge in [-0.05, 0) is 6.07 Å². The molecule has 1 unspecified atom stereocenters. The number of anilines is 2. The highest BCUT2D eigenvalue weighted by Crippen LogP contribution is 2.34. The van der Waals surface area contributed by atoms with E-state index in [0.717, 1.165) is 15.4 Å². The summed E-state index contributed by atoms with van der Waals surface area (Å²) in [5, 5.41) is 12.0. The average molecular weight is 444 g/mol. The number of halogens is 5. The van der Waals surface area contributed by atoms with Crippen LogP contribution in [0.5, 0.6) is 0 Å². The molecular weight excluding hydrogens is 427 g/mol. The number of rotatable bonds is 3. The highest BCUT2D eigenvalue weighted by atomic mass is 19.4. The van der Waals surface area contributed by atoms with Crippen molar-refractivity contribution in [2.75, 3.05) is 24.1 Å². The first-order valence-electron chi connectivity index (χ1n) is 9.10. The molecular formula is C17H17F5N8O. The summed E-state index contributed by atoms with van der Waals surface area (Å²) < 4.78 is 69.1. The predicted octanol–water partition coefficient (Wildman–Crippen LogP) is 2.03. The standard InChI is InChI=1S/C17H17F5N8O/c1-29-6-10(12(27-29)17(20,21)22)26-15(31)11-13(23)28-30-3-2-9(25-14(11)30)8-4-16(18,19)7-24-5-8/h2-3,6,8,24H,4-5,7H2,1H3,(H2,23,28)(H,26,31). The van der Waals surface area contributed by atoms with Gasteiger partial charge < -0.3 is 16.4 Å². The van der Waals surface area contributed by atoms with Gasteiger partial charge in [-0.2, -0.15) is 18.3 Å². The van der Waals surface area contributed by atoms with Gasteiger partial charge in [0.2, 0.25) is 0 Å². The Kier molecular flexibility index (Phi) is 4.83. The van der Waals surface area contributed by atoms with Crippen LogP contribution >= 0.6 is 0 Å². The molecule has 3 aromatic heterocycles. The van der Waals surface area contributed by atoms with Crippen molar-refractivity contribution < 1.29 is 26.7 Å². The molecule has 31 heavy (non-hydrogen) atoms. The van der Waals surface area contributed by atoms with Crippen molar-refractivity contribution in [1.29, 1.82) is 0 Å². The second-order valence-electron chi connectivity index (χ2n) is 7.29. The van der Waals surface area contributed by atoms with Crippen LogP contribution in [0.15, 0.2) is 18.5 Å². The van der Waals surface area contributed by atoms with Crippen LogP contribution in [0.25, 0.3) is 5.65 Å². The number of nitrogen functional groups attached to an aromatic ring is 1. The van der Waals surface area contributed by atoms with E-state index in [0.29, 0.717) is 0 Å². The summed E-state index contributed by atoms with van der Waals surface area (Å²) in [6.45, 7) is -0.180. The van der Waals surface area contributed by atoms with Crippen LogP contribution in [0, 0.1) is 0 Å². The summed E-state index contributed by atoms with van der Waals surface area (Å²) >= 11 is 0. The molecule has 0 spiro atoms. The number of fused-ring (bicyclic) bond motifs is 1. The molecule has 1 aliphatic rings. The van der Waals surface area contributed by atoms with Crippen LogP contribution in [0.1, 0.15) is 34.1 Å². The number of carbonyl (C=O) groups is 1. The highest BCUT2D eigenvalue weighted by molar-refractivity contribution is 6.11. The Balaban J connectivity index is 1.69. The molecule has 166 valence electrons. The van der Waals surface area contributed by atoms with Gasteiger partial charge in [-0.25, -0.2) is 18.3 Å². The van der Waals surface area contributed by atoms with Crippen molar-refractivity contribution in [2.45, 2.75) is 24.4 Å². The van der Waals surface area contributed by atoms with E-state index >= 15 is 0 Å². The predicted molar refractivity (Wildman–Crippen MR) is 98.7 cm³/mol. The third kappa shape index (κ3) is 4.02. The molecule has 3 aromatic rings. The fourth-order valence-electron chi connectivity index (χ4n) is 3.52.